The molecule has 1 aliphatic heterocycles. The summed E-state index contributed by atoms with van der Waals surface area (Å²) in [5, 5.41) is 6.01. The largest absolute Gasteiger partial charge is 0.362 e. The second kappa shape index (κ2) is 7.56. The zero-order valence-electron chi connectivity index (χ0n) is 17.4. The first-order valence-corrected chi connectivity index (χ1v) is 10.1. The van der Waals surface area contributed by atoms with Gasteiger partial charge in [0, 0.05) is 34.9 Å². The minimum atomic E-state index is -0.500. The maximum Gasteiger partial charge on any atom is 0.254 e. The number of carbonyl (C=O) groups is 2. The fourth-order valence-electron chi connectivity index (χ4n) is 4.47. The van der Waals surface area contributed by atoms with Crippen LogP contribution in [0.2, 0.25) is 0 Å². The zero-order valence-corrected chi connectivity index (χ0v) is 17.4. The van der Waals surface area contributed by atoms with Gasteiger partial charge in [-0.2, -0.15) is 0 Å². The van der Waals surface area contributed by atoms with Crippen molar-refractivity contribution in [2.75, 3.05) is 5.32 Å². The van der Waals surface area contributed by atoms with Crippen molar-refractivity contribution >= 4 is 17.4 Å². The molecule has 5 heteroatoms. The molecule has 1 atom stereocenters. The topological polar surface area (TPSA) is 58.2 Å². The van der Waals surface area contributed by atoms with Crippen LogP contribution in [0.4, 0.5) is 10.1 Å². The van der Waals surface area contributed by atoms with Gasteiger partial charge in [-0.05, 0) is 36.5 Å². The van der Waals surface area contributed by atoms with Crippen molar-refractivity contribution in [3.8, 4) is 0 Å². The normalized spacial score (nSPS) is 20.5. The molecule has 1 aliphatic carbocycles. The molecule has 2 N–H and O–H groups in total. The predicted octanol–water partition coefficient (Wildman–Crippen LogP) is 5.07. The molecular weight excluding hydrogens is 379 g/mol. The summed E-state index contributed by atoms with van der Waals surface area (Å²) in [6.45, 7) is 5.99. The molecule has 4 rings (SSSR count). The van der Waals surface area contributed by atoms with Crippen LogP contribution in [0.1, 0.15) is 45.1 Å². The molecule has 30 heavy (non-hydrogen) atoms. The van der Waals surface area contributed by atoms with Crippen LogP contribution in [0.3, 0.4) is 0 Å². The summed E-state index contributed by atoms with van der Waals surface area (Å²) in [4.78, 5) is 26.5. The molecule has 0 saturated carbocycles. The summed E-state index contributed by atoms with van der Waals surface area (Å²) >= 11 is 0. The number of carbonyl (C=O) groups excluding carboxylic acids is 2. The van der Waals surface area contributed by atoms with E-state index >= 15 is 0 Å². The van der Waals surface area contributed by atoms with Crippen molar-refractivity contribution in [1.82, 2.24) is 5.32 Å². The van der Waals surface area contributed by atoms with Crippen LogP contribution in [0.15, 0.2) is 77.1 Å². The fourth-order valence-corrected chi connectivity index (χ4v) is 4.47. The van der Waals surface area contributed by atoms with Gasteiger partial charge >= 0.3 is 0 Å². The molecule has 0 fully saturated rings. The van der Waals surface area contributed by atoms with Crippen LogP contribution in [0.25, 0.3) is 0 Å². The zero-order chi connectivity index (χ0) is 21.5. The van der Waals surface area contributed by atoms with E-state index in [4.69, 9.17) is 0 Å². The van der Waals surface area contributed by atoms with E-state index in [0.29, 0.717) is 23.3 Å². The van der Waals surface area contributed by atoms with Crippen LogP contribution < -0.4 is 10.6 Å². The average molecular weight is 404 g/mol. The maximum absolute atomic E-state index is 14.1. The Balaban J connectivity index is 1.80. The number of ketones is 1. The number of para-hydroxylation sites is 1. The minimum absolute atomic E-state index is 0.0475. The predicted molar refractivity (Wildman–Crippen MR) is 115 cm³/mol. The van der Waals surface area contributed by atoms with E-state index < -0.39 is 17.6 Å². The molecule has 0 bridgehead atoms. The Hall–Kier alpha value is -3.21. The Kier molecular flexibility index (Phi) is 5.06. The molecule has 2 aromatic carbocycles. The maximum atomic E-state index is 14.1. The molecule has 4 nitrogen and oxygen atoms in total. The number of rotatable bonds is 3. The van der Waals surface area contributed by atoms with Gasteiger partial charge in [-0.25, -0.2) is 4.39 Å². The Morgan fingerprint density at radius 3 is 2.43 bits per heavy atom. The summed E-state index contributed by atoms with van der Waals surface area (Å²) in [7, 11) is 0. The molecule has 0 unspecified atom stereocenters. The monoisotopic (exact) mass is 404 g/mol. The van der Waals surface area contributed by atoms with E-state index in [0.717, 1.165) is 17.7 Å². The van der Waals surface area contributed by atoms with Crippen LogP contribution in [-0.2, 0) is 9.59 Å². The highest BCUT2D eigenvalue weighted by molar-refractivity contribution is 6.10. The average Bonchev–Trinajstić information content (AvgIpc) is 2.68. The van der Waals surface area contributed by atoms with E-state index in [1.54, 1.807) is 12.1 Å². The molecular formula is C25H25FN2O2. The molecule has 0 aromatic heterocycles. The summed E-state index contributed by atoms with van der Waals surface area (Å²) in [5.41, 5.74) is 3.49. The summed E-state index contributed by atoms with van der Waals surface area (Å²) < 4.78 is 14.1. The van der Waals surface area contributed by atoms with Crippen molar-refractivity contribution < 1.29 is 14.0 Å². The molecule has 0 spiro atoms. The van der Waals surface area contributed by atoms with Crippen molar-refractivity contribution in [1.29, 1.82) is 0 Å². The smallest absolute Gasteiger partial charge is 0.254 e. The molecule has 2 aromatic rings. The van der Waals surface area contributed by atoms with Crippen LogP contribution >= 0.6 is 0 Å². The highest BCUT2D eigenvalue weighted by Gasteiger charge is 2.42. The lowest BCUT2D eigenvalue weighted by molar-refractivity contribution is -0.118. The number of amides is 1. The Morgan fingerprint density at radius 2 is 1.73 bits per heavy atom. The molecule has 1 heterocycles. The SMILES string of the molecule is CC1=C(C(=O)Nc2ccccc2F)[C@@H](c2ccccc2)C2=C(CC(C)(C)CC2=O)N1. The van der Waals surface area contributed by atoms with Gasteiger partial charge in [0.1, 0.15) is 5.82 Å². The highest BCUT2D eigenvalue weighted by atomic mass is 19.1. The van der Waals surface area contributed by atoms with Crippen molar-refractivity contribution in [3.63, 3.8) is 0 Å². The number of hydrogen-bond donors (Lipinski definition) is 2. The van der Waals surface area contributed by atoms with Gasteiger partial charge in [0.05, 0.1) is 5.69 Å². The summed E-state index contributed by atoms with van der Waals surface area (Å²) in [6.07, 6.45) is 1.16. The quantitative estimate of drug-likeness (QED) is 0.751. The molecule has 2 aliphatic rings. The standard InChI is InChI=1S/C25H25FN2O2/c1-15-21(24(30)28-18-12-8-7-11-17(18)26)22(16-9-5-4-6-10-16)23-19(27-15)13-25(2,3)14-20(23)29/h4-12,22,27H,13-14H2,1-3H3,(H,28,30)/t22-/m1/s1. The van der Waals surface area contributed by atoms with E-state index in [-0.39, 0.29) is 16.9 Å². The van der Waals surface area contributed by atoms with Crippen molar-refractivity contribution in [2.24, 2.45) is 5.41 Å². The van der Waals surface area contributed by atoms with Gasteiger partial charge in [0.15, 0.2) is 5.78 Å². The minimum Gasteiger partial charge on any atom is -0.362 e. The van der Waals surface area contributed by atoms with Gasteiger partial charge in [0.25, 0.3) is 5.91 Å². The van der Waals surface area contributed by atoms with Crippen LogP contribution in [0, 0.1) is 11.2 Å². The first-order chi connectivity index (χ1) is 14.3. The number of hydrogen-bond acceptors (Lipinski definition) is 3. The highest BCUT2D eigenvalue weighted by Crippen LogP contribution is 2.46. The van der Waals surface area contributed by atoms with Gasteiger partial charge in [-0.15, -0.1) is 0 Å². The number of benzene rings is 2. The second-order valence-corrected chi connectivity index (χ2v) is 8.77. The number of anilines is 1. The summed E-state index contributed by atoms with van der Waals surface area (Å²) in [6, 6.07) is 15.6. The first kappa shape index (κ1) is 20.1. The third-order valence-electron chi connectivity index (χ3n) is 5.74. The van der Waals surface area contributed by atoms with Gasteiger partial charge in [-0.3, -0.25) is 9.59 Å². The van der Waals surface area contributed by atoms with E-state index in [1.807, 2.05) is 37.3 Å². The lowest BCUT2D eigenvalue weighted by atomic mass is 9.68. The van der Waals surface area contributed by atoms with Gasteiger partial charge in [0.2, 0.25) is 0 Å². The van der Waals surface area contributed by atoms with Crippen LogP contribution in [0.5, 0.6) is 0 Å². The Bertz CT molecular complexity index is 1080. The Morgan fingerprint density at radius 1 is 1.07 bits per heavy atom. The van der Waals surface area contributed by atoms with E-state index in [1.165, 1.54) is 12.1 Å². The van der Waals surface area contributed by atoms with Gasteiger partial charge in [-0.1, -0.05) is 56.3 Å². The number of halogens is 1. The van der Waals surface area contributed by atoms with E-state index in [9.17, 15) is 14.0 Å². The van der Waals surface area contributed by atoms with Gasteiger partial charge < -0.3 is 10.6 Å². The lowest BCUT2D eigenvalue weighted by Gasteiger charge is -2.39. The number of allylic oxidation sites excluding steroid dienone is 3. The molecule has 154 valence electrons. The number of dihydropyridines is 1. The molecule has 0 radical (unpaired) electrons. The number of nitrogens with one attached hydrogen (secondary N) is 2. The van der Waals surface area contributed by atoms with Crippen LogP contribution in [-0.4, -0.2) is 11.7 Å². The second-order valence-electron chi connectivity index (χ2n) is 8.77. The third-order valence-corrected chi connectivity index (χ3v) is 5.74. The summed E-state index contributed by atoms with van der Waals surface area (Å²) in [5.74, 6) is -1.35. The van der Waals surface area contributed by atoms with Crippen molar-refractivity contribution in [2.45, 2.75) is 39.5 Å². The number of Topliss-reactive ketones (excluding diaryl/α,β-unsaturated/α-hetero) is 1. The first-order valence-electron chi connectivity index (χ1n) is 10.1. The van der Waals surface area contributed by atoms with Crippen molar-refractivity contribution in [3.05, 3.63) is 88.5 Å². The Labute approximate surface area is 175 Å². The molecule has 1 amide bonds. The fraction of sp³-hybridized carbons (Fsp3) is 0.280. The molecule has 0 saturated heterocycles. The lowest BCUT2D eigenvalue weighted by Crippen LogP contribution is -2.39. The third kappa shape index (κ3) is 3.67. The van der Waals surface area contributed by atoms with E-state index in [2.05, 4.69) is 24.5 Å².